The Morgan fingerprint density at radius 1 is 1.17 bits per heavy atom. The van der Waals surface area contributed by atoms with Crippen molar-refractivity contribution in [2.45, 2.75) is 0 Å². The molecule has 0 fully saturated rings. The lowest BCUT2D eigenvalue weighted by Crippen LogP contribution is -2.37. The first-order chi connectivity index (χ1) is 14.0. The summed E-state index contributed by atoms with van der Waals surface area (Å²) in [6.07, 6.45) is 1.57. The van der Waals surface area contributed by atoms with Crippen molar-refractivity contribution in [1.82, 2.24) is 5.43 Å². The zero-order chi connectivity index (χ0) is 20.5. The largest absolute Gasteiger partial charge is 0.377 e. The predicted molar refractivity (Wildman–Crippen MR) is 120 cm³/mol. The van der Waals surface area contributed by atoms with Crippen LogP contribution in [0.25, 0.3) is 10.8 Å². The van der Waals surface area contributed by atoms with Crippen molar-refractivity contribution in [3.8, 4) is 0 Å². The van der Waals surface area contributed by atoms with Gasteiger partial charge in [-0.15, -0.1) is 0 Å². The van der Waals surface area contributed by atoms with Gasteiger partial charge in [0.2, 0.25) is 0 Å². The average Bonchev–Trinajstić information content (AvgIpc) is 2.96. The van der Waals surface area contributed by atoms with Gasteiger partial charge in [0, 0.05) is 29.5 Å². The number of carbonyl (C=O) groups is 2. The topological polar surface area (TPSA) is 65.0 Å². The molecule has 29 heavy (non-hydrogen) atoms. The van der Waals surface area contributed by atoms with Crippen molar-refractivity contribution in [3.05, 3.63) is 70.2 Å². The molecule has 0 bridgehead atoms. The number of benzene rings is 3. The second kappa shape index (κ2) is 7.67. The van der Waals surface area contributed by atoms with Crippen LogP contribution < -0.4 is 15.2 Å². The van der Waals surface area contributed by atoms with E-state index in [4.69, 9.17) is 0 Å². The predicted octanol–water partition coefficient (Wildman–Crippen LogP) is 3.78. The van der Waals surface area contributed by atoms with Gasteiger partial charge in [-0.05, 0) is 51.1 Å². The normalized spacial score (nSPS) is 12.8. The third-order valence-electron chi connectivity index (χ3n) is 4.81. The summed E-state index contributed by atoms with van der Waals surface area (Å²) < 4.78 is 0.936. The molecule has 1 aliphatic rings. The van der Waals surface area contributed by atoms with Gasteiger partial charge in [-0.25, -0.2) is 5.43 Å². The Morgan fingerprint density at radius 3 is 2.66 bits per heavy atom. The molecule has 0 atom stereocenters. The maximum absolute atomic E-state index is 12.7. The first kappa shape index (κ1) is 19.1. The molecule has 1 heterocycles. The summed E-state index contributed by atoms with van der Waals surface area (Å²) in [7, 11) is 3.93. The smallest absolute Gasteiger partial charge is 0.260 e. The molecule has 0 spiro atoms. The van der Waals surface area contributed by atoms with Gasteiger partial charge in [-0.1, -0.05) is 30.3 Å². The highest BCUT2D eigenvalue weighted by atomic mass is 79.9. The lowest BCUT2D eigenvalue weighted by atomic mass is 10.1. The molecule has 146 valence electrons. The van der Waals surface area contributed by atoms with Crippen LogP contribution in [0, 0.1) is 0 Å². The summed E-state index contributed by atoms with van der Waals surface area (Å²) in [5.74, 6) is -0.525. The van der Waals surface area contributed by atoms with Gasteiger partial charge >= 0.3 is 0 Å². The Bertz CT molecular complexity index is 1150. The summed E-state index contributed by atoms with van der Waals surface area (Å²) in [5, 5.41) is 5.90. The van der Waals surface area contributed by atoms with Crippen LogP contribution >= 0.6 is 15.9 Å². The zero-order valence-corrected chi connectivity index (χ0v) is 17.6. The number of hydrazone groups is 1. The minimum absolute atomic E-state index is 0.0901. The van der Waals surface area contributed by atoms with Crippen LogP contribution in [0.3, 0.4) is 0 Å². The Kier molecular flexibility index (Phi) is 5.07. The third kappa shape index (κ3) is 3.61. The molecule has 3 aromatic carbocycles. The van der Waals surface area contributed by atoms with Crippen molar-refractivity contribution >= 4 is 56.1 Å². The molecular formula is C22H19BrN4O2. The highest BCUT2D eigenvalue weighted by molar-refractivity contribution is 9.10. The maximum atomic E-state index is 12.7. The molecule has 0 saturated carbocycles. The van der Waals surface area contributed by atoms with Crippen molar-refractivity contribution in [3.63, 3.8) is 0 Å². The van der Waals surface area contributed by atoms with E-state index in [1.807, 2.05) is 67.5 Å². The molecule has 0 aromatic heterocycles. The number of hydrogen-bond donors (Lipinski definition) is 1. The SMILES string of the molecule is CN(C)c1ccc(/C=N\NC(=O)CN2C(=O)c3cccc4cccc2c34)cc1Br. The molecule has 4 rings (SSSR count). The summed E-state index contributed by atoms with van der Waals surface area (Å²) in [6, 6.07) is 17.1. The molecule has 0 unspecified atom stereocenters. The summed E-state index contributed by atoms with van der Waals surface area (Å²) in [6.45, 7) is -0.0901. The third-order valence-corrected chi connectivity index (χ3v) is 5.44. The molecule has 0 aliphatic carbocycles. The van der Waals surface area contributed by atoms with E-state index in [2.05, 4.69) is 26.5 Å². The van der Waals surface area contributed by atoms with E-state index < -0.39 is 0 Å². The summed E-state index contributed by atoms with van der Waals surface area (Å²) >= 11 is 3.53. The number of anilines is 2. The Morgan fingerprint density at radius 2 is 1.93 bits per heavy atom. The minimum atomic E-state index is -0.358. The molecule has 1 aliphatic heterocycles. The van der Waals surface area contributed by atoms with Gasteiger partial charge in [0.1, 0.15) is 6.54 Å². The van der Waals surface area contributed by atoms with Gasteiger partial charge in [-0.3, -0.25) is 14.5 Å². The summed E-state index contributed by atoms with van der Waals surface area (Å²) in [5.41, 5.74) is 5.78. The quantitative estimate of drug-likeness (QED) is 0.475. The lowest BCUT2D eigenvalue weighted by Gasteiger charge is -2.16. The number of rotatable bonds is 5. The van der Waals surface area contributed by atoms with Crippen LogP contribution in [0.2, 0.25) is 0 Å². The fraction of sp³-hybridized carbons (Fsp3) is 0.136. The molecule has 3 aromatic rings. The Hall–Kier alpha value is -3.19. The van der Waals surface area contributed by atoms with Crippen LogP contribution in [0.4, 0.5) is 11.4 Å². The average molecular weight is 451 g/mol. The zero-order valence-electron chi connectivity index (χ0n) is 16.0. The lowest BCUT2D eigenvalue weighted by molar-refractivity contribution is -0.119. The minimum Gasteiger partial charge on any atom is -0.377 e. The number of amides is 2. The number of hydrogen-bond acceptors (Lipinski definition) is 4. The second-order valence-corrected chi connectivity index (χ2v) is 7.82. The maximum Gasteiger partial charge on any atom is 0.260 e. The Balaban J connectivity index is 1.45. The van der Waals surface area contributed by atoms with Crippen molar-refractivity contribution in [2.75, 3.05) is 30.4 Å². The highest BCUT2D eigenvalue weighted by Gasteiger charge is 2.30. The molecular weight excluding hydrogens is 432 g/mol. The number of nitrogens with one attached hydrogen (secondary N) is 1. The van der Waals surface area contributed by atoms with Crippen LogP contribution in [0.5, 0.6) is 0 Å². The monoisotopic (exact) mass is 450 g/mol. The van der Waals surface area contributed by atoms with Gasteiger partial charge in [0.05, 0.1) is 17.6 Å². The fourth-order valence-corrected chi connectivity index (χ4v) is 4.21. The standard InChI is InChI=1S/C22H19BrN4O2/c1-26(2)18-10-9-14(11-17(18)23)12-24-25-20(28)13-27-19-8-4-6-15-5-3-7-16(21(15)19)22(27)29/h3-12H,13H2,1-2H3,(H,25,28)/b24-12-. The van der Waals surface area contributed by atoms with E-state index in [0.717, 1.165) is 32.2 Å². The van der Waals surface area contributed by atoms with E-state index in [-0.39, 0.29) is 18.4 Å². The molecule has 0 saturated heterocycles. The van der Waals surface area contributed by atoms with E-state index >= 15 is 0 Å². The first-order valence-electron chi connectivity index (χ1n) is 9.08. The molecule has 0 radical (unpaired) electrons. The van der Waals surface area contributed by atoms with Crippen LogP contribution in [0.1, 0.15) is 15.9 Å². The molecule has 1 N–H and O–H groups in total. The van der Waals surface area contributed by atoms with E-state index in [9.17, 15) is 9.59 Å². The van der Waals surface area contributed by atoms with E-state index in [0.29, 0.717) is 5.56 Å². The highest BCUT2D eigenvalue weighted by Crippen LogP contribution is 2.36. The second-order valence-electron chi connectivity index (χ2n) is 6.97. The van der Waals surface area contributed by atoms with Gasteiger partial charge in [0.25, 0.3) is 11.8 Å². The van der Waals surface area contributed by atoms with E-state index in [1.54, 1.807) is 12.3 Å². The van der Waals surface area contributed by atoms with Crippen LogP contribution in [-0.2, 0) is 4.79 Å². The van der Waals surface area contributed by atoms with Crippen LogP contribution in [-0.4, -0.2) is 38.7 Å². The van der Waals surface area contributed by atoms with Gasteiger partial charge in [-0.2, -0.15) is 5.10 Å². The number of halogens is 1. The molecule has 7 heteroatoms. The number of carbonyl (C=O) groups excluding carboxylic acids is 2. The molecule has 2 amide bonds. The Labute approximate surface area is 176 Å². The number of nitrogens with zero attached hydrogens (tertiary/aromatic N) is 3. The fourth-order valence-electron chi connectivity index (χ4n) is 3.46. The van der Waals surface area contributed by atoms with Gasteiger partial charge < -0.3 is 4.90 Å². The molecule has 6 nitrogen and oxygen atoms in total. The van der Waals surface area contributed by atoms with Crippen LogP contribution in [0.15, 0.2) is 64.2 Å². The van der Waals surface area contributed by atoms with E-state index in [1.165, 1.54) is 4.90 Å². The summed E-state index contributed by atoms with van der Waals surface area (Å²) in [4.78, 5) is 28.6. The van der Waals surface area contributed by atoms with Gasteiger partial charge in [0.15, 0.2) is 0 Å². The van der Waals surface area contributed by atoms with Crippen molar-refractivity contribution in [2.24, 2.45) is 5.10 Å². The first-order valence-corrected chi connectivity index (χ1v) is 9.87. The van der Waals surface area contributed by atoms with Crippen molar-refractivity contribution in [1.29, 1.82) is 0 Å². The van der Waals surface area contributed by atoms with Crippen molar-refractivity contribution < 1.29 is 9.59 Å².